The Hall–Kier alpha value is -1.80. The third-order valence-corrected chi connectivity index (χ3v) is 4.30. The Balaban J connectivity index is 2.12. The molecule has 2 rings (SSSR count). The average Bonchev–Trinajstić information content (AvgIpc) is 2.32. The van der Waals surface area contributed by atoms with Gasteiger partial charge in [-0.3, -0.25) is 4.79 Å². The number of benzene rings is 1. The lowest BCUT2D eigenvalue weighted by Crippen LogP contribution is -2.43. The zero-order valence-corrected chi connectivity index (χ0v) is 12.0. The van der Waals surface area contributed by atoms with Crippen molar-refractivity contribution in [2.45, 2.75) is 23.8 Å². The molecule has 20 heavy (non-hydrogen) atoms. The third-order valence-electron chi connectivity index (χ3n) is 3.31. The van der Waals surface area contributed by atoms with Gasteiger partial charge in [0.25, 0.3) is 0 Å². The second kappa shape index (κ2) is 5.29. The molecule has 0 saturated carbocycles. The number of amides is 1. The molecule has 110 valence electrons. The van der Waals surface area contributed by atoms with Crippen molar-refractivity contribution >= 4 is 27.3 Å². The number of likely N-dealkylation sites (N-methyl/N-ethyl adjacent to an activating group) is 1. The number of nitrogens with two attached hydrogens (primary N) is 2. The van der Waals surface area contributed by atoms with Crippen LogP contribution in [0.4, 0.5) is 11.4 Å². The number of hydrogen-bond donors (Lipinski definition) is 3. The van der Waals surface area contributed by atoms with Gasteiger partial charge in [-0.05, 0) is 24.6 Å². The van der Waals surface area contributed by atoms with E-state index in [9.17, 15) is 13.2 Å². The van der Waals surface area contributed by atoms with Crippen LogP contribution in [0.25, 0.3) is 0 Å². The van der Waals surface area contributed by atoms with E-state index in [0.717, 1.165) is 6.42 Å². The lowest BCUT2D eigenvalue weighted by molar-refractivity contribution is -0.132. The number of nitrogens with one attached hydrogen (secondary N) is 1. The van der Waals surface area contributed by atoms with Gasteiger partial charge in [0.2, 0.25) is 15.9 Å². The molecule has 1 aromatic rings. The SMILES string of the molecule is CN1CC(Nc2ccc(S(N)(=O)=O)c(N)c2)CCC1=O. The second-order valence-electron chi connectivity index (χ2n) is 4.95. The van der Waals surface area contributed by atoms with E-state index in [4.69, 9.17) is 10.9 Å². The van der Waals surface area contributed by atoms with Crippen LogP contribution in [0, 0.1) is 0 Å². The Morgan fingerprint density at radius 2 is 2.10 bits per heavy atom. The van der Waals surface area contributed by atoms with Crippen molar-refractivity contribution in [1.29, 1.82) is 0 Å². The molecule has 0 bridgehead atoms. The average molecular weight is 298 g/mol. The van der Waals surface area contributed by atoms with Gasteiger partial charge in [-0.15, -0.1) is 0 Å². The molecule has 1 saturated heterocycles. The van der Waals surface area contributed by atoms with Crippen molar-refractivity contribution in [3.8, 4) is 0 Å². The molecule has 0 radical (unpaired) electrons. The number of primary sulfonamides is 1. The van der Waals surface area contributed by atoms with E-state index < -0.39 is 10.0 Å². The molecule has 1 unspecified atom stereocenters. The van der Waals surface area contributed by atoms with Gasteiger partial charge < -0.3 is 16.0 Å². The fourth-order valence-corrected chi connectivity index (χ4v) is 2.91. The van der Waals surface area contributed by atoms with E-state index in [-0.39, 0.29) is 22.5 Å². The topological polar surface area (TPSA) is 119 Å². The minimum absolute atomic E-state index is 0.0843. The molecule has 1 aliphatic rings. The summed E-state index contributed by atoms with van der Waals surface area (Å²) in [6.45, 7) is 0.607. The summed E-state index contributed by atoms with van der Waals surface area (Å²) in [5.41, 5.74) is 6.52. The smallest absolute Gasteiger partial charge is 0.240 e. The molecule has 8 heteroatoms. The molecule has 1 fully saturated rings. The zero-order valence-electron chi connectivity index (χ0n) is 11.2. The number of nitrogen functional groups attached to an aromatic ring is 1. The summed E-state index contributed by atoms with van der Waals surface area (Å²) in [5, 5.41) is 8.29. The summed E-state index contributed by atoms with van der Waals surface area (Å²) in [4.78, 5) is 13.0. The maximum absolute atomic E-state index is 11.4. The molecular formula is C12H18N4O3S. The first-order valence-electron chi connectivity index (χ1n) is 6.20. The van der Waals surface area contributed by atoms with Crippen molar-refractivity contribution in [1.82, 2.24) is 4.90 Å². The summed E-state index contributed by atoms with van der Waals surface area (Å²) in [5.74, 6) is 0.132. The number of sulfonamides is 1. The minimum Gasteiger partial charge on any atom is -0.398 e. The van der Waals surface area contributed by atoms with Crippen LogP contribution >= 0.6 is 0 Å². The molecule has 0 aliphatic carbocycles. The Kier molecular flexibility index (Phi) is 3.87. The largest absolute Gasteiger partial charge is 0.398 e. The Bertz CT molecular complexity index is 630. The highest BCUT2D eigenvalue weighted by Gasteiger charge is 2.23. The molecule has 5 N–H and O–H groups in total. The van der Waals surface area contributed by atoms with Crippen LogP contribution in [0.2, 0.25) is 0 Å². The summed E-state index contributed by atoms with van der Waals surface area (Å²) in [7, 11) is -2.05. The van der Waals surface area contributed by atoms with Crippen LogP contribution in [0.3, 0.4) is 0 Å². The summed E-state index contributed by atoms with van der Waals surface area (Å²) >= 11 is 0. The van der Waals surface area contributed by atoms with E-state index >= 15 is 0 Å². The fourth-order valence-electron chi connectivity index (χ4n) is 2.26. The van der Waals surface area contributed by atoms with E-state index in [1.165, 1.54) is 12.1 Å². The number of carbonyl (C=O) groups is 1. The third kappa shape index (κ3) is 3.20. The number of likely N-dealkylation sites (tertiary alicyclic amines) is 1. The molecule has 1 heterocycles. The fraction of sp³-hybridized carbons (Fsp3) is 0.417. The maximum atomic E-state index is 11.4. The first-order valence-corrected chi connectivity index (χ1v) is 7.75. The van der Waals surface area contributed by atoms with Crippen LogP contribution in [0.1, 0.15) is 12.8 Å². The first-order chi connectivity index (χ1) is 9.27. The standard InChI is InChI=1S/C12H18N4O3S/c1-16-7-9(3-5-12(16)17)15-8-2-4-11(10(13)6-8)20(14,18)19/h2,4,6,9,15H,3,5,7,13H2,1H3,(H2,14,18,19). The van der Waals surface area contributed by atoms with Crippen molar-refractivity contribution in [3.05, 3.63) is 18.2 Å². The Morgan fingerprint density at radius 3 is 2.65 bits per heavy atom. The van der Waals surface area contributed by atoms with Gasteiger partial charge in [0, 0.05) is 31.7 Å². The Labute approximate surface area is 118 Å². The van der Waals surface area contributed by atoms with E-state index in [1.54, 1.807) is 18.0 Å². The number of hydrogen-bond acceptors (Lipinski definition) is 5. The highest BCUT2D eigenvalue weighted by atomic mass is 32.2. The van der Waals surface area contributed by atoms with E-state index in [2.05, 4.69) is 5.32 Å². The van der Waals surface area contributed by atoms with Gasteiger partial charge in [0.15, 0.2) is 0 Å². The van der Waals surface area contributed by atoms with Gasteiger partial charge in [-0.2, -0.15) is 0 Å². The summed E-state index contributed by atoms with van der Waals surface area (Å²) in [6.07, 6.45) is 1.24. The minimum atomic E-state index is -3.81. The quantitative estimate of drug-likeness (QED) is 0.676. The predicted molar refractivity (Wildman–Crippen MR) is 76.5 cm³/mol. The molecule has 7 nitrogen and oxygen atoms in total. The second-order valence-corrected chi connectivity index (χ2v) is 6.48. The lowest BCUT2D eigenvalue weighted by Gasteiger charge is -2.30. The summed E-state index contributed by atoms with van der Waals surface area (Å²) < 4.78 is 22.5. The van der Waals surface area contributed by atoms with Gasteiger partial charge >= 0.3 is 0 Å². The van der Waals surface area contributed by atoms with E-state index in [1.807, 2.05) is 0 Å². The van der Waals surface area contributed by atoms with Gasteiger partial charge in [0.05, 0.1) is 5.69 Å². The van der Waals surface area contributed by atoms with Crippen molar-refractivity contribution in [2.75, 3.05) is 24.6 Å². The van der Waals surface area contributed by atoms with Crippen molar-refractivity contribution < 1.29 is 13.2 Å². The lowest BCUT2D eigenvalue weighted by atomic mass is 10.1. The molecule has 0 spiro atoms. The number of nitrogens with zero attached hydrogens (tertiary/aromatic N) is 1. The van der Waals surface area contributed by atoms with Crippen LogP contribution in [0.5, 0.6) is 0 Å². The number of rotatable bonds is 3. The molecule has 1 aromatic carbocycles. The Morgan fingerprint density at radius 1 is 1.40 bits per heavy atom. The normalized spacial score (nSPS) is 20.0. The van der Waals surface area contributed by atoms with Gasteiger partial charge in [0.1, 0.15) is 4.90 Å². The summed E-state index contributed by atoms with van der Waals surface area (Å²) in [6, 6.07) is 4.66. The number of piperidine rings is 1. The molecule has 1 amide bonds. The number of carbonyl (C=O) groups excluding carboxylic acids is 1. The highest BCUT2D eigenvalue weighted by Crippen LogP contribution is 2.23. The number of anilines is 2. The van der Waals surface area contributed by atoms with E-state index in [0.29, 0.717) is 18.7 Å². The van der Waals surface area contributed by atoms with Crippen molar-refractivity contribution in [2.24, 2.45) is 5.14 Å². The van der Waals surface area contributed by atoms with Crippen LogP contribution in [0.15, 0.2) is 23.1 Å². The van der Waals surface area contributed by atoms with Crippen LogP contribution < -0.4 is 16.2 Å². The van der Waals surface area contributed by atoms with Gasteiger partial charge in [-0.1, -0.05) is 0 Å². The van der Waals surface area contributed by atoms with Crippen LogP contribution in [-0.2, 0) is 14.8 Å². The first kappa shape index (κ1) is 14.6. The highest BCUT2D eigenvalue weighted by molar-refractivity contribution is 7.89. The zero-order chi connectivity index (χ0) is 14.9. The molecule has 1 atom stereocenters. The maximum Gasteiger partial charge on any atom is 0.240 e. The molecule has 0 aromatic heterocycles. The van der Waals surface area contributed by atoms with Crippen LogP contribution in [-0.4, -0.2) is 38.9 Å². The monoisotopic (exact) mass is 298 g/mol. The predicted octanol–water partition coefficient (Wildman–Crippen LogP) is -0.0511. The molecule has 1 aliphatic heterocycles. The van der Waals surface area contributed by atoms with Crippen molar-refractivity contribution in [3.63, 3.8) is 0 Å². The molecular weight excluding hydrogens is 280 g/mol. The van der Waals surface area contributed by atoms with Gasteiger partial charge in [-0.25, -0.2) is 13.6 Å².